The smallest absolute Gasteiger partial charge is 0.250 e. The van der Waals surface area contributed by atoms with Gasteiger partial charge < -0.3 is 9.15 Å². The molecular formula is C15H19FN2O2S. The summed E-state index contributed by atoms with van der Waals surface area (Å²) >= 11 is 1.64. The summed E-state index contributed by atoms with van der Waals surface area (Å²) in [4.78, 5) is 0. The van der Waals surface area contributed by atoms with Gasteiger partial charge in [0.1, 0.15) is 5.82 Å². The third kappa shape index (κ3) is 5.13. The lowest BCUT2D eigenvalue weighted by molar-refractivity contribution is 0.00694. The fourth-order valence-electron chi connectivity index (χ4n) is 1.62. The van der Waals surface area contributed by atoms with Crippen molar-refractivity contribution in [2.45, 2.75) is 32.1 Å². The second kappa shape index (κ2) is 7.04. The van der Waals surface area contributed by atoms with Crippen LogP contribution in [-0.2, 0) is 10.5 Å². The molecule has 0 bridgehead atoms. The molecule has 1 aromatic carbocycles. The second-order valence-electron chi connectivity index (χ2n) is 5.49. The summed E-state index contributed by atoms with van der Waals surface area (Å²) in [5, 5.41) is 7.82. The maximum absolute atomic E-state index is 13.6. The van der Waals surface area contributed by atoms with Gasteiger partial charge in [0, 0.05) is 5.75 Å². The first kappa shape index (κ1) is 16.0. The Bertz CT molecular complexity index is 581. The highest BCUT2D eigenvalue weighted by Gasteiger charge is 2.13. The molecular weight excluding hydrogens is 291 g/mol. The second-order valence-corrected chi connectivity index (χ2v) is 6.60. The summed E-state index contributed by atoms with van der Waals surface area (Å²) in [7, 11) is 0. The third-order valence-electron chi connectivity index (χ3n) is 2.56. The molecule has 0 aliphatic heterocycles. The number of halogens is 1. The molecule has 0 N–H and O–H groups in total. The van der Waals surface area contributed by atoms with Crippen LogP contribution in [0.15, 0.2) is 28.7 Å². The van der Waals surface area contributed by atoms with Gasteiger partial charge in [-0.1, -0.05) is 12.1 Å². The van der Waals surface area contributed by atoms with Gasteiger partial charge in [0.2, 0.25) is 5.89 Å². The van der Waals surface area contributed by atoms with Gasteiger partial charge in [0.25, 0.3) is 5.89 Å². The van der Waals surface area contributed by atoms with E-state index in [1.54, 1.807) is 30.0 Å². The van der Waals surface area contributed by atoms with Crippen molar-refractivity contribution < 1.29 is 13.5 Å². The molecule has 6 heteroatoms. The monoisotopic (exact) mass is 310 g/mol. The number of ether oxygens (including phenoxy) is 1. The van der Waals surface area contributed by atoms with Crippen molar-refractivity contribution in [1.82, 2.24) is 10.2 Å². The zero-order valence-corrected chi connectivity index (χ0v) is 13.2. The molecule has 114 valence electrons. The Morgan fingerprint density at radius 1 is 1.24 bits per heavy atom. The molecule has 1 heterocycles. The van der Waals surface area contributed by atoms with Gasteiger partial charge in [0.15, 0.2) is 0 Å². The Kier molecular flexibility index (Phi) is 5.36. The molecule has 1 aromatic heterocycles. The van der Waals surface area contributed by atoms with E-state index in [0.29, 0.717) is 23.8 Å². The number of rotatable bonds is 6. The van der Waals surface area contributed by atoms with Crippen LogP contribution in [0.1, 0.15) is 26.7 Å². The standard InChI is InChI=1S/C15H19FN2O2S/c1-15(2,3)19-8-9-21-10-13-17-18-14(20-13)11-6-4-5-7-12(11)16/h4-7H,8-10H2,1-3H3. The highest BCUT2D eigenvalue weighted by atomic mass is 32.2. The molecule has 0 saturated carbocycles. The van der Waals surface area contributed by atoms with Crippen LogP contribution in [0.25, 0.3) is 11.5 Å². The lowest BCUT2D eigenvalue weighted by Gasteiger charge is -2.18. The van der Waals surface area contributed by atoms with Crippen LogP contribution in [-0.4, -0.2) is 28.2 Å². The van der Waals surface area contributed by atoms with Gasteiger partial charge in [-0.25, -0.2) is 4.39 Å². The predicted octanol–water partition coefficient (Wildman–Crippen LogP) is 3.92. The van der Waals surface area contributed by atoms with Crippen LogP contribution in [0.3, 0.4) is 0 Å². The van der Waals surface area contributed by atoms with E-state index in [0.717, 1.165) is 5.75 Å². The molecule has 2 rings (SSSR count). The van der Waals surface area contributed by atoms with Gasteiger partial charge in [-0.15, -0.1) is 22.0 Å². The van der Waals surface area contributed by atoms with Crippen LogP contribution >= 0.6 is 11.8 Å². The quantitative estimate of drug-likeness (QED) is 0.757. The van der Waals surface area contributed by atoms with Gasteiger partial charge >= 0.3 is 0 Å². The van der Waals surface area contributed by atoms with Crippen molar-refractivity contribution in [3.05, 3.63) is 36.0 Å². The van der Waals surface area contributed by atoms with Crippen LogP contribution < -0.4 is 0 Å². The van der Waals surface area contributed by atoms with Gasteiger partial charge in [-0.05, 0) is 32.9 Å². The molecule has 0 spiro atoms. The minimum atomic E-state index is -0.362. The van der Waals surface area contributed by atoms with Crippen LogP contribution in [0.2, 0.25) is 0 Å². The molecule has 0 atom stereocenters. The summed E-state index contributed by atoms with van der Waals surface area (Å²) in [6.45, 7) is 6.74. The number of aromatic nitrogens is 2. The molecule has 0 radical (unpaired) electrons. The topological polar surface area (TPSA) is 48.2 Å². The van der Waals surface area contributed by atoms with Crippen LogP contribution in [0.4, 0.5) is 4.39 Å². The van der Waals surface area contributed by atoms with Gasteiger partial charge in [-0.2, -0.15) is 0 Å². The van der Waals surface area contributed by atoms with E-state index in [1.165, 1.54) is 6.07 Å². The molecule has 0 aliphatic rings. The van der Waals surface area contributed by atoms with E-state index in [1.807, 2.05) is 20.8 Å². The summed E-state index contributed by atoms with van der Waals surface area (Å²) < 4.78 is 24.7. The summed E-state index contributed by atoms with van der Waals surface area (Å²) in [5.41, 5.74) is 0.209. The van der Waals surface area contributed by atoms with E-state index in [2.05, 4.69) is 10.2 Å². The summed E-state index contributed by atoms with van der Waals surface area (Å²) in [5.74, 6) is 1.78. The lowest BCUT2D eigenvalue weighted by atomic mass is 10.2. The van der Waals surface area contributed by atoms with Crippen LogP contribution in [0.5, 0.6) is 0 Å². The van der Waals surface area contributed by atoms with E-state index in [-0.39, 0.29) is 17.3 Å². The Hall–Kier alpha value is -1.40. The fourth-order valence-corrected chi connectivity index (χ4v) is 2.26. The first-order valence-corrected chi connectivity index (χ1v) is 7.90. The van der Waals surface area contributed by atoms with Crippen molar-refractivity contribution in [2.75, 3.05) is 12.4 Å². The van der Waals surface area contributed by atoms with E-state index < -0.39 is 0 Å². The van der Waals surface area contributed by atoms with Crippen molar-refractivity contribution in [2.24, 2.45) is 0 Å². The molecule has 0 saturated heterocycles. The Morgan fingerprint density at radius 2 is 2.00 bits per heavy atom. The molecule has 0 aliphatic carbocycles. The number of thioether (sulfide) groups is 1. The van der Waals surface area contributed by atoms with Crippen molar-refractivity contribution in [3.63, 3.8) is 0 Å². The first-order valence-electron chi connectivity index (χ1n) is 6.75. The largest absolute Gasteiger partial charge is 0.420 e. The highest BCUT2D eigenvalue weighted by molar-refractivity contribution is 7.98. The zero-order valence-electron chi connectivity index (χ0n) is 12.4. The summed E-state index contributed by atoms with van der Waals surface area (Å²) in [6.07, 6.45) is 0. The fraction of sp³-hybridized carbons (Fsp3) is 0.467. The molecule has 0 unspecified atom stereocenters. The Morgan fingerprint density at radius 3 is 2.71 bits per heavy atom. The lowest BCUT2D eigenvalue weighted by Crippen LogP contribution is -2.20. The number of hydrogen-bond donors (Lipinski definition) is 0. The van der Waals surface area contributed by atoms with E-state index in [4.69, 9.17) is 9.15 Å². The summed E-state index contributed by atoms with van der Waals surface area (Å²) in [6, 6.07) is 6.36. The maximum Gasteiger partial charge on any atom is 0.250 e. The number of hydrogen-bond acceptors (Lipinski definition) is 5. The van der Waals surface area contributed by atoms with Crippen LogP contribution in [0, 0.1) is 5.82 Å². The predicted molar refractivity (Wildman–Crippen MR) is 81.6 cm³/mol. The average Bonchev–Trinajstić information content (AvgIpc) is 2.86. The Balaban J connectivity index is 1.83. The average molecular weight is 310 g/mol. The molecule has 2 aromatic rings. The molecule has 0 fully saturated rings. The maximum atomic E-state index is 13.6. The molecule has 4 nitrogen and oxygen atoms in total. The van der Waals surface area contributed by atoms with E-state index >= 15 is 0 Å². The Labute approximate surface area is 128 Å². The van der Waals surface area contributed by atoms with Gasteiger partial charge in [-0.3, -0.25) is 0 Å². The van der Waals surface area contributed by atoms with E-state index in [9.17, 15) is 4.39 Å². The van der Waals surface area contributed by atoms with Crippen molar-refractivity contribution >= 4 is 11.8 Å². The van der Waals surface area contributed by atoms with Gasteiger partial charge in [0.05, 0.1) is 23.5 Å². The number of benzene rings is 1. The zero-order chi connectivity index (χ0) is 15.3. The molecule has 21 heavy (non-hydrogen) atoms. The first-order chi connectivity index (χ1) is 9.96. The SMILES string of the molecule is CC(C)(C)OCCSCc1nnc(-c2ccccc2F)o1. The minimum absolute atomic E-state index is 0.122. The normalized spacial score (nSPS) is 11.8. The van der Waals surface area contributed by atoms with Crippen molar-refractivity contribution in [3.8, 4) is 11.5 Å². The van der Waals surface area contributed by atoms with Crippen molar-refractivity contribution in [1.29, 1.82) is 0 Å². The highest BCUT2D eigenvalue weighted by Crippen LogP contribution is 2.22. The third-order valence-corrected chi connectivity index (χ3v) is 3.47. The number of nitrogens with zero attached hydrogens (tertiary/aromatic N) is 2. The molecule has 0 amide bonds. The minimum Gasteiger partial charge on any atom is -0.420 e.